The molecule has 5 nitrogen and oxygen atoms in total. The van der Waals surface area contributed by atoms with Gasteiger partial charge in [0, 0.05) is 12.7 Å². The van der Waals surface area contributed by atoms with Crippen molar-refractivity contribution in [1.29, 1.82) is 0 Å². The van der Waals surface area contributed by atoms with Crippen LogP contribution in [0.5, 0.6) is 11.5 Å². The number of rotatable bonds is 6. The van der Waals surface area contributed by atoms with Crippen LogP contribution >= 0.6 is 0 Å². The molecule has 0 aliphatic heterocycles. The predicted octanol–water partition coefficient (Wildman–Crippen LogP) is 2.34. The van der Waals surface area contributed by atoms with E-state index < -0.39 is 5.54 Å². The minimum atomic E-state index is -0.395. The van der Waals surface area contributed by atoms with Crippen molar-refractivity contribution in [3.05, 3.63) is 42.0 Å². The summed E-state index contributed by atoms with van der Waals surface area (Å²) in [5, 5.41) is 0. The maximum absolute atomic E-state index is 6.16. The lowest BCUT2D eigenvalue weighted by atomic mass is 10.0. The molecule has 114 valence electrons. The van der Waals surface area contributed by atoms with Crippen molar-refractivity contribution in [3.8, 4) is 11.5 Å². The van der Waals surface area contributed by atoms with E-state index in [4.69, 9.17) is 15.2 Å². The van der Waals surface area contributed by atoms with Gasteiger partial charge >= 0.3 is 0 Å². The highest BCUT2D eigenvalue weighted by atomic mass is 16.5. The number of imidazole rings is 1. The first-order chi connectivity index (χ1) is 9.95. The molecule has 5 heteroatoms. The molecule has 2 N–H and O–H groups in total. The third-order valence-corrected chi connectivity index (χ3v) is 3.46. The summed E-state index contributed by atoms with van der Waals surface area (Å²) in [6, 6.07) is 5.98. The van der Waals surface area contributed by atoms with Crippen LogP contribution in [0, 0.1) is 0 Å². The first-order valence-electron chi connectivity index (χ1n) is 6.96. The Morgan fingerprint density at radius 2 is 1.90 bits per heavy atom. The van der Waals surface area contributed by atoms with E-state index in [0.29, 0.717) is 0 Å². The molecule has 1 heterocycles. The average molecular weight is 289 g/mol. The van der Waals surface area contributed by atoms with Crippen LogP contribution in [0.3, 0.4) is 0 Å². The van der Waals surface area contributed by atoms with Crippen molar-refractivity contribution in [3.63, 3.8) is 0 Å². The van der Waals surface area contributed by atoms with Crippen molar-refractivity contribution in [1.82, 2.24) is 9.55 Å². The summed E-state index contributed by atoms with van der Waals surface area (Å²) in [5.41, 5.74) is 7.98. The molecule has 0 aliphatic carbocycles. The molecule has 0 spiro atoms. The van der Waals surface area contributed by atoms with Crippen LogP contribution in [0.4, 0.5) is 0 Å². The second kappa shape index (κ2) is 6.18. The highest BCUT2D eigenvalue weighted by molar-refractivity contribution is 5.42. The van der Waals surface area contributed by atoms with Crippen LogP contribution < -0.4 is 15.2 Å². The first-order valence-corrected chi connectivity index (χ1v) is 6.96. The number of benzene rings is 1. The van der Waals surface area contributed by atoms with Crippen LogP contribution in [0.15, 0.2) is 30.7 Å². The van der Waals surface area contributed by atoms with Gasteiger partial charge in [0.05, 0.1) is 31.8 Å². The fraction of sp³-hybridized carbons (Fsp3) is 0.438. The standard InChI is InChI=1S/C16H23N3O2/c1-16(2,17)15-10-18-11-19(15)8-7-12-5-6-13(20-3)14(9-12)21-4/h5-6,9-11H,7-8,17H2,1-4H3. The third kappa shape index (κ3) is 3.55. The largest absolute Gasteiger partial charge is 0.493 e. The maximum atomic E-state index is 6.16. The van der Waals surface area contributed by atoms with Crippen molar-refractivity contribution in [2.75, 3.05) is 14.2 Å². The number of ether oxygens (including phenoxy) is 2. The highest BCUT2D eigenvalue weighted by Gasteiger charge is 2.18. The summed E-state index contributed by atoms with van der Waals surface area (Å²) in [6.45, 7) is 4.79. The zero-order valence-electron chi connectivity index (χ0n) is 13.1. The fourth-order valence-electron chi connectivity index (χ4n) is 2.32. The van der Waals surface area contributed by atoms with Gasteiger partial charge in [0.2, 0.25) is 0 Å². The van der Waals surface area contributed by atoms with E-state index in [9.17, 15) is 0 Å². The molecule has 2 rings (SSSR count). The Hall–Kier alpha value is -2.01. The Morgan fingerprint density at radius 1 is 1.19 bits per heavy atom. The van der Waals surface area contributed by atoms with Crippen molar-refractivity contribution in [2.24, 2.45) is 5.73 Å². The van der Waals surface area contributed by atoms with E-state index in [1.54, 1.807) is 14.2 Å². The quantitative estimate of drug-likeness (QED) is 0.886. The number of methoxy groups -OCH3 is 2. The van der Waals surface area contributed by atoms with E-state index in [1.807, 2.05) is 44.6 Å². The van der Waals surface area contributed by atoms with Gasteiger partial charge in [-0.15, -0.1) is 0 Å². The Morgan fingerprint density at radius 3 is 2.52 bits per heavy atom. The lowest BCUT2D eigenvalue weighted by molar-refractivity contribution is 0.354. The summed E-state index contributed by atoms with van der Waals surface area (Å²) < 4.78 is 12.7. The molecule has 0 unspecified atom stereocenters. The Kier molecular flexibility index (Phi) is 4.53. The Balaban J connectivity index is 2.12. The predicted molar refractivity (Wildman–Crippen MR) is 82.7 cm³/mol. The van der Waals surface area contributed by atoms with Crippen molar-refractivity contribution < 1.29 is 9.47 Å². The average Bonchev–Trinajstić information content (AvgIpc) is 2.93. The van der Waals surface area contributed by atoms with Crippen LogP contribution in [0.25, 0.3) is 0 Å². The van der Waals surface area contributed by atoms with E-state index in [2.05, 4.69) is 9.55 Å². The lowest BCUT2D eigenvalue weighted by Gasteiger charge is -2.20. The molecule has 0 saturated heterocycles. The molecule has 0 atom stereocenters. The zero-order valence-corrected chi connectivity index (χ0v) is 13.1. The van der Waals surface area contributed by atoms with Gasteiger partial charge in [-0.2, -0.15) is 0 Å². The van der Waals surface area contributed by atoms with Gasteiger partial charge in [-0.3, -0.25) is 0 Å². The molecular weight excluding hydrogens is 266 g/mol. The molecule has 0 radical (unpaired) electrons. The first kappa shape index (κ1) is 15.4. The molecular formula is C16H23N3O2. The zero-order chi connectivity index (χ0) is 15.5. The number of aromatic nitrogens is 2. The number of nitrogens with two attached hydrogens (primary N) is 1. The van der Waals surface area contributed by atoms with E-state index in [0.717, 1.165) is 30.2 Å². The molecule has 0 bridgehead atoms. The fourth-order valence-corrected chi connectivity index (χ4v) is 2.32. The summed E-state index contributed by atoms with van der Waals surface area (Å²) >= 11 is 0. The molecule has 0 saturated carbocycles. The molecule has 1 aromatic carbocycles. The normalized spacial score (nSPS) is 11.5. The van der Waals surface area contributed by atoms with Gasteiger partial charge in [-0.05, 0) is 38.0 Å². The molecule has 2 aromatic rings. The number of aryl methyl sites for hydroxylation is 2. The third-order valence-electron chi connectivity index (χ3n) is 3.46. The van der Waals surface area contributed by atoms with Gasteiger partial charge in [0.1, 0.15) is 0 Å². The molecule has 0 aliphatic rings. The van der Waals surface area contributed by atoms with Gasteiger partial charge in [-0.1, -0.05) is 6.07 Å². The van der Waals surface area contributed by atoms with E-state index >= 15 is 0 Å². The Bertz CT molecular complexity index is 600. The minimum Gasteiger partial charge on any atom is -0.493 e. The number of hydrogen-bond donors (Lipinski definition) is 1. The summed E-state index contributed by atoms with van der Waals surface area (Å²) in [6.07, 6.45) is 4.53. The van der Waals surface area contributed by atoms with Crippen molar-refractivity contribution in [2.45, 2.75) is 32.4 Å². The Labute approximate surface area is 125 Å². The van der Waals surface area contributed by atoms with E-state index in [1.165, 1.54) is 5.56 Å². The van der Waals surface area contributed by atoms with E-state index in [-0.39, 0.29) is 0 Å². The summed E-state index contributed by atoms with van der Waals surface area (Å²) in [7, 11) is 3.28. The number of nitrogens with zero attached hydrogens (tertiary/aromatic N) is 2. The summed E-state index contributed by atoms with van der Waals surface area (Å²) in [5.74, 6) is 1.49. The molecule has 0 fully saturated rings. The second-order valence-corrected chi connectivity index (χ2v) is 5.63. The monoisotopic (exact) mass is 289 g/mol. The van der Waals surface area contributed by atoms with Crippen LogP contribution in [0.1, 0.15) is 25.1 Å². The van der Waals surface area contributed by atoms with Gasteiger partial charge in [-0.25, -0.2) is 4.98 Å². The van der Waals surface area contributed by atoms with Gasteiger partial charge in [0.25, 0.3) is 0 Å². The summed E-state index contributed by atoms with van der Waals surface area (Å²) in [4.78, 5) is 4.20. The van der Waals surface area contributed by atoms with Crippen LogP contribution in [-0.4, -0.2) is 23.8 Å². The lowest BCUT2D eigenvalue weighted by Crippen LogP contribution is -2.31. The van der Waals surface area contributed by atoms with Crippen molar-refractivity contribution >= 4 is 0 Å². The maximum Gasteiger partial charge on any atom is 0.160 e. The number of hydrogen-bond acceptors (Lipinski definition) is 4. The highest BCUT2D eigenvalue weighted by Crippen LogP contribution is 2.28. The van der Waals surface area contributed by atoms with Gasteiger partial charge < -0.3 is 19.8 Å². The SMILES string of the molecule is COc1ccc(CCn2cncc2C(C)(C)N)cc1OC. The smallest absolute Gasteiger partial charge is 0.160 e. The molecule has 0 amide bonds. The topological polar surface area (TPSA) is 62.3 Å². The molecule has 1 aromatic heterocycles. The minimum absolute atomic E-state index is 0.395. The second-order valence-electron chi connectivity index (χ2n) is 5.63. The van der Waals surface area contributed by atoms with Crippen LogP contribution in [-0.2, 0) is 18.5 Å². The molecule has 21 heavy (non-hydrogen) atoms. The van der Waals surface area contributed by atoms with Gasteiger partial charge in [0.15, 0.2) is 11.5 Å². The van der Waals surface area contributed by atoms with Crippen LogP contribution in [0.2, 0.25) is 0 Å².